The number of nitrogens with one attached hydrogen (secondary N) is 1. The summed E-state index contributed by atoms with van der Waals surface area (Å²) < 4.78 is 6.09. The first-order valence-electron chi connectivity index (χ1n) is 8.70. The second kappa shape index (κ2) is 8.98. The van der Waals surface area contributed by atoms with Crippen molar-refractivity contribution in [3.05, 3.63) is 40.2 Å². The summed E-state index contributed by atoms with van der Waals surface area (Å²) in [7, 11) is 0. The quantitative estimate of drug-likeness (QED) is 0.533. The molecule has 2 rings (SSSR count). The van der Waals surface area contributed by atoms with Crippen LogP contribution in [0.25, 0.3) is 10.9 Å². The highest BCUT2D eigenvalue weighted by molar-refractivity contribution is 6.04. The van der Waals surface area contributed by atoms with Crippen LogP contribution >= 0.6 is 0 Å². The van der Waals surface area contributed by atoms with Gasteiger partial charge in [0.1, 0.15) is 17.7 Å². The average molecular weight is 374 g/mol. The van der Waals surface area contributed by atoms with Gasteiger partial charge in [0.05, 0.1) is 18.7 Å². The van der Waals surface area contributed by atoms with Crippen molar-refractivity contribution in [3.8, 4) is 5.75 Å². The van der Waals surface area contributed by atoms with Gasteiger partial charge in [0.25, 0.3) is 11.5 Å². The van der Waals surface area contributed by atoms with Crippen molar-refractivity contribution < 1.29 is 24.2 Å². The average Bonchev–Trinajstić information content (AvgIpc) is 2.63. The Labute approximate surface area is 155 Å². The molecule has 2 N–H and O–H groups in total. The van der Waals surface area contributed by atoms with Crippen molar-refractivity contribution >= 4 is 28.6 Å². The summed E-state index contributed by atoms with van der Waals surface area (Å²) in [4.78, 5) is 48.2. The summed E-state index contributed by atoms with van der Waals surface area (Å²) in [6, 6.07) is 6.73. The lowest BCUT2D eigenvalue weighted by molar-refractivity contribution is -0.145. The molecule has 8 heteroatoms. The number of Topliss-reactive ketones (excluding diaryl/α,β-unsaturated/α-hetero) is 1. The molecular formula is C19H22N2O6. The zero-order valence-electron chi connectivity index (χ0n) is 15.3. The highest BCUT2D eigenvalue weighted by Gasteiger charge is 2.22. The molecule has 1 heterocycles. The number of hydrogen-bond acceptors (Lipinski definition) is 6. The Bertz CT molecular complexity index is 932. The molecular weight excluding hydrogens is 352 g/mol. The van der Waals surface area contributed by atoms with E-state index in [1.165, 1.54) is 4.57 Å². The zero-order valence-corrected chi connectivity index (χ0v) is 15.3. The SMILES string of the molecule is CCCn1c(=O)c(C(=O)NCC(=O)CC(=O)OCC)c(O)c2ccccc21. The van der Waals surface area contributed by atoms with Crippen molar-refractivity contribution in [2.75, 3.05) is 13.2 Å². The number of amides is 1. The molecule has 0 aliphatic heterocycles. The predicted molar refractivity (Wildman–Crippen MR) is 98.8 cm³/mol. The number of aromatic nitrogens is 1. The maximum absolute atomic E-state index is 12.7. The van der Waals surface area contributed by atoms with Crippen LogP contribution in [0.15, 0.2) is 29.1 Å². The molecule has 0 radical (unpaired) electrons. The summed E-state index contributed by atoms with van der Waals surface area (Å²) in [6.45, 7) is 3.59. The minimum absolute atomic E-state index is 0.153. The van der Waals surface area contributed by atoms with E-state index in [0.29, 0.717) is 23.9 Å². The first-order chi connectivity index (χ1) is 12.9. The molecule has 0 spiro atoms. The van der Waals surface area contributed by atoms with E-state index in [0.717, 1.165) is 0 Å². The topological polar surface area (TPSA) is 115 Å². The highest BCUT2D eigenvalue weighted by atomic mass is 16.5. The number of aromatic hydroxyl groups is 1. The van der Waals surface area contributed by atoms with Crippen molar-refractivity contribution in [3.63, 3.8) is 0 Å². The van der Waals surface area contributed by atoms with E-state index in [4.69, 9.17) is 0 Å². The van der Waals surface area contributed by atoms with Gasteiger partial charge in [-0.15, -0.1) is 0 Å². The van der Waals surface area contributed by atoms with Crippen LogP contribution in [0.3, 0.4) is 0 Å². The van der Waals surface area contributed by atoms with Gasteiger partial charge in [-0.1, -0.05) is 19.1 Å². The molecule has 0 saturated carbocycles. The number of ether oxygens (including phenoxy) is 1. The molecule has 8 nitrogen and oxygen atoms in total. The van der Waals surface area contributed by atoms with Gasteiger partial charge in [-0.25, -0.2) is 0 Å². The lowest BCUT2D eigenvalue weighted by atomic mass is 10.1. The fourth-order valence-electron chi connectivity index (χ4n) is 2.74. The second-order valence-corrected chi connectivity index (χ2v) is 5.90. The van der Waals surface area contributed by atoms with E-state index in [9.17, 15) is 24.3 Å². The van der Waals surface area contributed by atoms with E-state index >= 15 is 0 Å². The molecule has 0 atom stereocenters. The molecule has 1 aromatic heterocycles. The van der Waals surface area contributed by atoms with Crippen LogP contribution in [0, 0.1) is 0 Å². The Hall–Kier alpha value is -3.16. The number of para-hydroxylation sites is 1. The normalized spacial score (nSPS) is 10.6. The second-order valence-electron chi connectivity index (χ2n) is 5.90. The lowest BCUT2D eigenvalue weighted by Gasteiger charge is -2.14. The number of aryl methyl sites for hydroxylation is 1. The first-order valence-corrected chi connectivity index (χ1v) is 8.70. The number of fused-ring (bicyclic) bond motifs is 1. The third-order valence-corrected chi connectivity index (χ3v) is 3.91. The maximum atomic E-state index is 12.7. The summed E-state index contributed by atoms with van der Waals surface area (Å²) in [5.74, 6) is -2.55. The Kier molecular flexibility index (Phi) is 6.70. The van der Waals surface area contributed by atoms with Crippen LogP contribution in [-0.2, 0) is 20.9 Å². The van der Waals surface area contributed by atoms with Crippen LogP contribution < -0.4 is 10.9 Å². The molecule has 1 aromatic carbocycles. The van der Waals surface area contributed by atoms with Gasteiger partial charge in [0.15, 0.2) is 5.78 Å². The van der Waals surface area contributed by atoms with Crippen LogP contribution in [0.2, 0.25) is 0 Å². The number of rotatable bonds is 8. The summed E-state index contributed by atoms with van der Waals surface area (Å²) in [6.07, 6.45) is 0.186. The Morgan fingerprint density at radius 3 is 2.56 bits per heavy atom. The van der Waals surface area contributed by atoms with Crippen LogP contribution in [0.1, 0.15) is 37.0 Å². The van der Waals surface area contributed by atoms with E-state index in [-0.39, 0.29) is 6.61 Å². The molecule has 0 aliphatic rings. The summed E-state index contributed by atoms with van der Waals surface area (Å²) >= 11 is 0. The molecule has 0 saturated heterocycles. The van der Waals surface area contributed by atoms with E-state index in [1.807, 2.05) is 6.92 Å². The summed E-state index contributed by atoms with van der Waals surface area (Å²) in [5.41, 5.74) is -0.536. The fourth-order valence-corrected chi connectivity index (χ4v) is 2.74. The Balaban J connectivity index is 2.29. The minimum atomic E-state index is -0.870. The molecule has 0 unspecified atom stereocenters. The van der Waals surface area contributed by atoms with Crippen LogP contribution in [-0.4, -0.2) is 40.5 Å². The van der Waals surface area contributed by atoms with Gasteiger partial charge >= 0.3 is 5.97 Å². The number of benzene rings is 1. The largest absolute Gasteiger partial charge is 0.506 e. The van der Waals surface area contributed by atoms with Gasteiger partial charge in [-0.05, 0) is 25.5 Å². The lowest BCUT2D eigenvalue weighted by Crippen LogP contribution is -2.36. The number of hydrogen-bond donors (Lipinski definition) is 2. The smallest absolute Gasteiger partial charge is 0.313 e. The highest BCUT2D eigenvalue weighted by Crippen LogP contribution is 2.26. The van der Waals surface area contributed by atoms with Crippen molar-refractivity contribution in [2.24, 2.45) is 0 Å². The molecule has 144 valence electrons. The van der Waals surface area contributed by atoms with Crippen molar-refractivity contribution in [2.45, 2.75) is 33.2 Å². The third kappa shape index (κ3) is 4.52. The van der Waals surface area contributed by atoms with Gasteiger partial charge in [-0.3, -0.25) is 19.2 Å². The Morgan fingerprint density at radius 1 is 1.19 bits per heavy atom. The van der Waals surface area contributed by atoms with Crippen molar-refractivity contribution in [1.82, 2.24) is 9.88 Å². The van der Waals surface area contributed by atoms with E-state index in [2.05, 4.69) is 10.1 Å². The van der Waals surface area contributed by atoms with Crippen LogP contribution in [0.5, 0.6) is 5.75 Å². The van der Waals surface area contributed by atoms with E-state index in [1.54, 1.807) is 31.2 Å². The number of carbonyl (C=O) groups is 3. The molecule has 0 aliphatic carbocycles. The monoisotopic (exact) mass is 374 g/mol. The van der Waals surface area contributed by atoms with Gasteiger partial charge in [0, 0.05) is 11.9 Å². The standard InChI is InChI=1S/C19H22N2O6/c1-3-9-21-14-8-6-5-7-13(14)17(24)16(19(21)26)18(25)20-11-12(22)10-15(23)27-4-2/h5-8,24H,3-4,9-11H2,1-2H3,(H,20,25). The van der Waals surface area contributed by atoms with Gasteiger partial charge in [-0.2, -0.15) is 0 Å². The first kappa shape index (κ1) is 20.2. The zero-order chi connectivity index (χ0) is 20.0. The molecule has 0 fully saturated rings. The molecule has 0 bridgehead atoms. The summed E-state index contributed by atoms with van der Waals surface area (Å²) in [5, 5.41) is 13.1. The maximum Gasteiger partial charge on any atom is 0.313 e. The van der Waals surface area contributed by atoms with Crippen LogP contribution in [0.4, 0.5) is 0 Å². The number of pyridine rings is 1. The molecule has 27 heavy (non-hydrogen) atoms. The predicted octanol–water partition coefficient (Wildman–Crippen LogP) is 1.37. The number of esters is 1. The number of carbonyl (C=O) groups excluding carboxylic acids is 3. The fraction of sp³-hybridized carbons (Fsp3) is 0.368. The number of nitrogens with zero attached hydrogens (tertiary/aromatic N) is 1. The Morgan fingerprint density at radius 2 is 1.89 bits per heavy atom. The minimum Gasteiger partial charge on any atom is -0.506 e. The van der Waals surface area contributed by atoms with Crippen molar-refractivity contribution in [1.29, 1.82) is 0 Å². The van der Waals surface area contributed by atoms with Gasteiger partial charge in [0.2, 0.25) is 0 Å². The number of ketones is 1. The third-order valence-electron chi connectivity index (χ3n) is 3.91. The molecule has 1 amide bonds. The molecule has 2 aromatic rings. The van der Waals surface area contributed by atoms with Gasteiger partial charge < -0.3 is 19.7 Å². The van der Waals surface area contributed by atoms with E-state index < -0.39 is 47.5 Å².